The Hall–Kier alpha value is -1.97. The highest BCUT2D eigenvalue weighted by Crippen LogP contribution is 2.26. The van der Waals surface area contributed by atoms with Gasteiger partial charge in [0.15, 0.2) is 0 Å². The second-order valence-electron chi connectivity index (χ2n) is 5.76. The highest BCUT2D eigenvalue weighted by Gasteiger charge is 2.23. The third kappa shape index (κ3) is 2.62. The summed E-state index contributed by atoms with van der Waals surface area (Å²) >= 11 is 0. The number of likely N-dealkylation sites (tertiary alicyclic amines) is 1. The molecule has 2 nitrogen and oxygen atoms in total. The van der Waals surface area contributed by atoms with Crippen molar-refractivity contribution in [2.75, 3.05) is 13.1 Å². The molecule has 1 aliphatic rings. The molecular weight excluding hydrogens is 272 g/mol. The first-order valence-corrected chi connectivity index (χ1v) is 7.23. The van der Waals surface area contributed by atoms with Crippen LogP contribution in [0, 0.1) is 17.6 Å². The fraction of sp³-hybridized carbons (Fsp3) is 0.353. The van der Waals surface area contributed by atoms with E-state index in [1.807, 2.05) is 0 Å². The first-order chi connectivity index (χ1) is 10.1. The molecule has 21 heavy (non-hydrogen) atoms. The largest absolute Gasteiger partial charge is 0.339 e. The Kier molecular flexibility index (Phi) is 3.62. The summed E-state index contributed by atoms with van der Waals surface area (Å²) in [6.45, 7) is 3.58. The third-order valence-electron chi connectivity index (χ3n) is 4.21. The Morgan fingerprint density at radius 2 is 1.86 bits per heavy atom. The molecule has 2 aromatic carbocycles. The minimum absolute atomic E-state index is 0.141. The van der Waals surface area contributed by atoms with Crippen molar-refractivity contribution in [1.82, 2.24) is 4.90 Å². The Labute approximate surface area is 122 Å². The van der Waals surface area contributed by atoms with Crippen LogP contribution in [0.25, 0.3) is 10.8 Å². The van der Waals surface area contributed by atoms with Gasteiger partial charge in [-0.1, -0.05) is 19.1 Å². The zero-order valence-corrected chi connectivity index (χ0v) is 11.9. The highest BCUT2D eigenvalue weighted by molar-refractivity contribution is 6.07. The molecule has 0 spiro atoms. The molecule has 1 saturated heterocycles. The molecule has 4 heteroatoms. The number of carbonyl (C=O) groups excluding carboxylic acids is 1. The fourth-order valence-electron chi connectivity index (χ4n) is 2.88. The van der Waals surface area contributed by atoms with Crippen LogP contribution in [0.5, 0.6) is 0 Å². The predicted octanol–water partition coefficient (Wildman–Crippen LogP) is 3.99. The maximum Gasteiger partial charge on any atom is 0.254 e. The lowest BCUT2D eigenvalue weighted by Crippen LogP contribution is -2.38. The van der Waals surface area contributed by atoms with E-state index in [0.717, 1.165) is 18.9 Å². The molecule has 0 bridgehead atoms. The van der Waals surface area contributed by atoms with Gasteiger partial charge in [0.1, 0.15) is 11.6 Å². The number of benzene rings is 2. The molecule has 1 heterocycles. The van der Waals surface area contributed by atoms with Crippen LogP contribution in [0.15, 0.2) is 30.3 Å². The molecule has 0 atom stereocenters. The first kappa shape index (κ1) is 14.0. The number of nitrogens with zero attached hydrogens (tertiary/aromatic N) is 1. The summed E-state index contributed by atoms with van der Waals surface area (Å²) in [6, 6.07) is 6.93. The van der Waals surface area contributed by atoms with E-state index in [9.17, 15) is 13.6 Å². The Balaban J connectivity index is 2.02. The zero-order valence-electron chi connectivity index (χ0n) is 11.9. The second kappa shape index (κ2) is 5.43. The van der Waals surface area contributed by atoms with Crippen molar-refractivity contribution >= 4 is 16.7 Å². The second-order valence-corrected chi connectivity index (χ2v) is 5.76. The summed E-state index contributed by atoms with van der Waals surface area (Å²) in [5.41, 5.74) is 0.375. The van der Waals surface area contributed by atoms with Gasteiger partial charge in [0, 0.05) is 35.5 Å². The van der Waals surface area contributed by atoms with Crippen molar-refractivity contribution in [3.05, 3.63) is 47.5 Å². The van der Waals surface area contributed by atoms with E-state index in [-0.39, 0.29) is 11.3 Å². The van der Waals surface area contributed by atoms with Gasteiger partial charge in [-0.3, -0.25) is 4.79 Å². The molecule has 0 radical (unpaired) electrons. The number of piperidine rings is 1. The van der Waals surface area contributed by atoms with E-state index in [1.165, 1.54) is 6.07 Å². The summed E-state index contributed by atoms with van der Waals surface area (Å²) < 4.78 is 27.3. The zero-order chi connectivity index (χ0) is 15.0. The molecule has 0 aliphatic carbocycles. The summed E-state index contributed by atoms with van der Waals surface area (Å²) in [5, 5.41) is 0.631. The summed E-state index contributed by atoms with van der Waals surface area (Å²) in [4.78, 5) is 14.4. The molecule has 1 amide bonds. The van der Waals surface area contributed by atoms with Crippen molar-refractivity contribution in [3.8, 4) is 0 Å². The van der Waals surface area contributed by atoms with Crippen LogP contribution in [0.4, 0.5) is 8.78 Å². The van der Waals surface area contributed by atoms with Gasteiger partial charge in [-0.05, 0) is 30.9 Å². The van der Waals surface area contributed by atoms with Gasteiger partial charge in [-0.2, -0.15) is 0 Å². The van der Waals surface area contributed by atoms with E-state index in [2.05, 4.69) is 6.92 Å². The summed E-state index contributed by atoms with van der Waals surface area (Å²) in [5.74, 6) is -0.812. The van der Waals surface area contributed by atoms with Crippen molar-refractivity contribution in [2.45, 2.75) is 19.8 Å². The van der Waals surface area contributed by atoms with Crippen molar-refractivity contribution in [3.63, 3.8) is 0 Å². The van der Waals surface area contributed by atoms with Gasteiger partial charge in [0.05, 0.1) is 0 Å². The number of fused-ring (bicyclic) bond motifs is 1. The Bertz CT molecular complexity index is 690. The molecule has 0 saturated carbocycles. The molecule has 2 aromatic rings. The van der Waals surface area contributed by atoms with Crippen molar-refractivity contribution in [2.24, 2.45) is 5.92 Å². The molecule has 1 aliphatic heterocycles. The SMILES string of the molecule is CC1CCN(C(=O)c2cccc3c(F)cc(F)cc23)CC1. The van der Waals surface area contributed by atoms with Crippen molar-refractivity contribution < 1.29 is 13.6 Å². The number of carbonyl (C=O) groups is 1. The van der Waals surface area contributed by atoms with Crippen molar-refractivity contribution in [1.29, 1.82) is 0 Å². The Morgan fingerprint density at radius 1 is 1.14 bits per heavy atom. The van der Waals surface area contributed by atoms with Gasteiger partial charge < -0.3 is 4.90 Å². The van der Waals surface area contributed by atoms with Crippen LogP contribution >= 0.6 is 0 Å². The number of hydrogen-bond donors (Lipinski definition) is 0. The molecule has 0 N–H and O–H groups in total. The minimum atomic E-state index is -0.660. The lowest BCUT2D eigenvalue weighted by molar-refractivity contribution is 0.0699. The maximum absolute atomic E-state index is 13.8. The van der Waals surface area contributed by atoms with Crippen LogP contribution in [-0.4, -0.2) is 23.9 Å². The van der Waals surface area contributed by atoms with Gasteiger partial charge in [0.2, 0.25) is 0 Å². The number of hydrogen-bond acceptors (Lipinski definition) is 1. The Morgan fingerprint density at radius 3 is 2.57 bits per heavy atom. The molecule has 110 valence electrons. The predicted molar refractivity (Wildman–Crippen MR) is 78.2 cm³/mol. The van der Waals surface area contributed by atoms with E-state index in [1.54, 1.807) is 23.1 Å². The van der Waals surface area contributed by atoms with Crippen LogP contribution < -0.4 is 0 Å². The number of rotatable bonds is 1. The van der Waals surface area contributed by atoms with Gasteiger partial charge in [-0.15, -0.1) is 0 Å². The first-order valence-electron chi connectivity index (χ1n) is 7.23. The molecule has 1 fully saturated rings. The summed E-state index contributed by atoms with van der Waals surface area (Å²) in [6.07, 6.45) is 1.94. The molecule has 0 unspecified atom stereocenters. The van der Waals surface area contributed by atoms with E-state index >= 15 is 0 Å². The van der Waals surface area contributed by atoms with Crippen LogP contribution in [0.3, 0.4) is 0 Å². The van der Waals surface area contributed by atoms with Crippen LogP contribution in [0.2, 0.25) is 0 Å². The van der Waals surface area contributed by atoms with Gasteiger partial charge >= 0.3 is 0 Å². The quantitative estimate of drug-likeness (QED) is 0.777. The third-order valence-corrected chi connectivity index (χ3v) is 4.21. The van der Waals surface area contributed by atoms with E-state index < -0.39 is 11.6 Å². The lowest BCUT2D eigenvalue weighted by Gasteiger charge is -2.30. The minimum Gasteiger partial charge on any atom is -0.339 e. The van der Waals surface area contributed by atoms with E-state index in [0.29, 0.717) is 30.0 Å². The normalized spacial score (nSPS) is 16.4. The smallest absolute Gasteiger partial charge is 0.254 e. The summed E-state index contributed by atoms with van der Waals surface area (Å²) in [7, 11) is 0. The average molecular weight is 289 g/mol. The van der Waals surface area contributed by atoms with Crippen LogP contribution in [-0.2, 0) is 0 Å². The van der Waals surface area contributed by atoms with Gasteiger partial charge in [0.25, 0.3) is 5.91 Å². The monoisotopic (exact) mass is 289 g/mol. The fourth-order valence-corrected chi connectivity index (χ4v) is 2.88. The van der Waals surface area contributed by atoms with E-state index in [4.69, 9.17) is 0 Å². The lowest BCUT2D eigenvalue weighted by atomic mass is 9.97. The standard InChI is InChI=1S/C17H17F2NO/c1-11-5-7-20(8-6-11)17(21)14-4-2-3-13-15(14)9-12(18)10-16(13)19/h2-4,9-11H,5-8H2,1H3. The number of amides is 1. The molecule has 0 aromatic heterocycles. The molecule has 3 rings (SSSR count). The van der Waals surface area contributed by atoms with Gasteiger partial charge in [-0.25, -0.2) is 8.78 Å². The molecular formula is C17H17F2NO. The highest BCUT2D eigenvalue weighted by atomic mass is 19.1. The maximum atomic E-state index is 13.8. The topological polar surface area (TPSA) is 20.3 Å². The average Bonchev–Trinajstić information content (AvgIpc) is 2.46. The van der Waals surface area contributed by atoms with Crippen LogP contribution in [0.1, 0.15) is 30.1 Å². The number of halogens is 2.